The fourth-order valence-corrected chi connectivity index (χ4v) is 5.84. The number of aliphatic hydroxyl groups is 1. The number of esters is 1. The number of aliphatic imine (C=N–C) groups is 1. The van der Waals surface area contributed by atoms with E-state index < -0.39 is 29.7 Å². The number of rotatable bonds is 11. The Morgan fingerprint density at radius 2 is 1.90 bits per heavy atom. The number of amidine groups is 1. The summed E-state index contributed by atoms with van der Waals surface area (Å²) in [4.78, 5) is 26.5. The van der Waals surface area contributed by atoms with E-state index in [1.54, 1.807) is 0 Å². The van der Waals surface area contributed by atoms with Crippen LogP contribution in [0.2, 0.25) is 0 Å². The standard InChI is InChI=1S/C31H40F2N4O3/c1-4-26-29(31(39)40-3)30(22-11-12-24(32)25(33)19-22)37(28(5-2)35-26)16-8-9-23(38)20-36-17-13-21(14-18-36)27-10-6-7-15-34-27/h6-7,10-12,15,19,21,23,30,38H,4-5,8-9,13-14,16-18,20H2,1-3H3. The maximum atomic E-state index is 14.3. The van der Waals surface area contributed by atoms with E-state index in [9.17, 15) is 18.7 Å². The van der Waals surface area contributed by atoms with Gasteiger partial charge in [0.15, 0.2) is 11.6 Å². The molecule has 216 valence electrons. The molecule has 0 spiro atoms. The zero-order chi connectivity index (χ0) is 28.6. The van der Waals surface area contributed by atoms with E-state index in [1.165, 1.54) is 13.2 Å². The van der Waals surface area contributed by atoms with Crippen LogP contribution >= 0.6 is 0 Å². The maximum absolute atomic E-state index is 14.3. The average Bonchev–Trinajstić information content (AvgIpc) is 2.98. The number of allylic oxidation sites excluding steroid dienone is 1. The average molecular weight is 555 g/mol. The van der Waals surface area contributed by atoms with Crippen LogP contribution in [0.3, 0.4) is 0 Å². The Hall–Kier alpha value is -3.17. The van der Waals surface area contributed by atoms with Gasteiger partial charge in [0.2, 0.25) is 0 Å². The molecule has 9 heteroatoms. The fourth-order valence-electron chi connectivity index (χ4n) is 5.84. The Morgan fingerprint density at radius 3 is 2.52 bits per heavy atom. The molecule has 0 amide bonds. The third kappa shape index (κ3) is 6.93. The van der Waals surface area contributed by atoms with Crippen molar-refractivity contribution in [3.8, 4) is 0 Å². The highest BCUT2D eigenvalue weighted by molar-refractivity contribution is 5.95. The van der Waals surface area contributed by atoms with Crippen LogP contribution in [0, 0.1) is 11.6 Å². The number of hydrogen-bond acceptors (Lipinski definition) is 7. The number of aliphatic hydroxyl groups excluding tert-OH is 1. The third-order valence-corrected chi connectivity index (χ3v) is 7.91. The molecule has 3 heterocycles. The predicted molar refractivity (Wildman–Crippen MR) is 151 cm³/mol. The molecular weight excluding hydrogens is 514 g/mol. The summed E-state index contributed by atoms with van der Waals surface area (Å²) in [5.74, 6) is -1.22. The van der Waals surface area contributed by atoms with Gasteiger partial charge in [0, 0.05) is 37.3 Å². The van der Waals surface area contributed by atoms with Gasteiger partial charge < -0.3 is 19.6 Å². The monoisotopic (exact) mass is 554 g/mol. The second kappa shape index (κ2) is 13.9. The molecule has 2 aliphatic heterocycles. The topological polar surface area (TPSA) is 78.3 Å². The summed E-state index contributed by atoms with van der Waals surface area (Å²) in [6, 6.07) is 9.12. The number of methoxy groups -OCH3 is 1. The van der Waals surface area contributed by atoms with Crippen molar-refractivity contribution in [2.45, 2.75) is 70.4 Å². The Bertz CT molecular complexity index is 1210. The lowest BCUT2D eigenvalue weighted by Crippen LogP contribution is -2.42. The molecule has 40 heavy (non-hydrogen) atoms. The number of nitrogens with zero attached hydrogens (tertiary/aromatic N) is 4. The summed E-state index contributed by atoms with van der Waals surface area (Å²) in [6.45, 7) is 6.82. The normalized spacial score (nSPS) is 19.5. The van der Waals surface area contributed by atoms with Crippen molar-refractivity contribution in [3.63, 3.8) is 0 Å². The molecule has 1 aromatic heterocycles. The van der Waals surface area contributed by atoms with Crippen LogP contribution in [0.15, 0.2) is 58.9 Å². The summed E-state index contributed by atoms with van der Waals surface area (Å²) in [5, 5.41) is 10.9. The third-order valence-electron chi connectivity index (χ3n) is 7.91. The molecular formula is C31H40F2N4O3. The van der Waals surface area contributed by atoms with Crippen LogP contribution in [0.5, 0.6) is 0 Å². The molecule has 7 nitrogen and oxygen atoms in total. The van der Waals surface area contributed by atoms with Gasteiger partial charge in [0.1, 0.15) is 5.84 Å². The van der Waals surface area contributed by atoms with E-state index in [0.717, 1.165) is 49.6 Å². The molecule has 0 bridgehead atoms. The predicted octanol–water partition coefficient (Wildman–Crippen LogP) is 5.38. The van der Waals surface area contributed by atoms with Crippen LogP contribution < -0.4 is 0 Å². The number of benzene rings is 1. The summed E-state index contributed by atoms with van der Waals surface area (Å²) in [5.41, 5.74) is 2.52. The second-order valence-electron chi connectivity index (χ2n) is 10.5. The minimum Gasteiger partial charge on any atom is -0.466 e. The van der Waals surface area contributed by atoms with Gasteiger partial charge in [0.25, 0.3) is 0 Å². The zero-order valence-corrected chi connectivity index (χ0v) is 23.7. The summed E-state index contributed by atoms with van der Waals surface area (Å²) in [7, 11) is 1.31. The first kappa shape index (κ1) is 29.8. The molecule has 1 fully saturated rings. The highest BCUT2D eigenvalue weighted by atomic mass is 19.2. The number of carbonyl (C=O) groups excluding carboxylic acids is 1. The Balaban J connectivity index is 1.42. The number of β-amino-alcohol motifs (C(OH)–C–C–N with tert-alkyl or cyclic N) is 1. The maximum Gasteiger partial charge on any atom is 0.338 e. The number of aromatic nitrogens is 1. The largest absolute Gasteiger partial charge is 0.466 e. The highest BCUT2D eigenvalue weighted by Gasteiger charge is 2.37. The van der Waals surface area contributed by atoms with Gasteiger partial charge in [-0.2, -0.15) is 0 Å². The van der Waals surface area contributed by atoms with E-state index >= 15 is 0 Å². The minimum atomic E-state index is -0.970. The SMILES string of the molecule is CCC1=NC(CC)=C(C(=O)OC)C(c2ccc(F)c(F)c2)N1CCCC(O)CN1CCC(c2ccccn2)CC1. The summed E-state index contributed by atoms with van der Waals surface area (Å²) < 4.78 is 33.2. The number of halogens is 2. The molecule has 2 aromatic rings. The Morgan fingerprint density at radius 1 is 1.12 bits per heavy atom. The van der Waals surface area contributed by atoms with E-state index in [4.69, 9.17) is 9.73 Å². The molecule has 1 N–H and O–H groups in total. The zero-order valence-electron chi connectivity index (χ0n) is 23.7. The van der Waals surface area contributed by atoms with E-state index in [-0.39, 0.29) is 0 Å². The first-order chi connectivity index (χ1) is 19.4. The first-order valence-corrected chi connectivity index (χ1v) is 14.3. The molecule has 1 saturated heterocycles. The molecule has 2 unspecified atom stereocenters. The number of piperidine rings is 1. The smallest absolute Gasteiger partial charge is 0.338 e. The van der Waals surface area contributed by atoms with Gasteiger partial charge in [-0.15, -0.1) is 0 Å². The van der Waals surface area contributed by atoms with Crippen LogP contribution in [0.1, 0.15) is 75.6 Å². The molecule has 0 saturated carbocycles. The van der Waals surface area contributed by atoms with Gasteiger partial charge in [-0.25, -0.2) is 18.6 Å². The lowest BCUT2D eigenvalue weighted by atomic mass is 9.91. The molecule has 0 radical (unpaired) electrons. The van der Waals surface area contributed by atoms with Gasteiger partial charge >= 0.3 is 5.97 Å². The van der Waals surface area contributed by atoms with Crippen molar-refractivity contribution in [1.82, 2.24) is 14.8 Å². The van der Waals surface area contributed by atoms with Crippen LogP contribution in [0.4, 0.5) is 8.78 Å². The van der Waals surface area contributed by atoms with Crippen molar-refractivity contribution < 1.29 is 23.4 Å². The highest BCUT2D eigenvalue weighted by Crippen LogP contribution is 2.38. The fraction of sp³-hybridized carbons (Fsp3) is 0.516. The lowest BCUT2D eigenvalue weighted by molar-refractivity contribution is -0.137. The van der Waals surface area contributed by atoms with E-state index in [2.05, 4.69) is 16.0 Å². The number of ether oxygens (including phenoxy) is 1. The Labute approximate surface area is 235 Å². The van der Waals surface area contributed by atoms with Crippen molar-refractivity contribution in [2.24, 2.45) is 4.99 Å². The van der Waals surface area contributed by atoms with Crippen molar-refractivity contribution in [2.75, 3.05) is 33.3 Å². The number of pyridine rings is 1. The van der Waals surface area contributed by atoms with Gasteiger partial charge in [-0.05, 0) is 75.0 Å². The second-order valence-corrected chi connectivity index (χ2v) is 10.5. The molecule has 2 atom stereocenters. The quantitative estimate of drug-likeness (QED) is 0.376. The van der Waals surface area contributed by atoms with Crippen molar-refractivity contribution >= 4 is 11.8 Å². The number of carbonyl (C=O) groups is 1. The van der Waals surface area contributed by atoms with Gasteiger partial charge in [-0.3, -0.25) is 4.98 Å². The van der Waals surface area contributed by atoms with Gasteiger partial charge in [0.05, 0.1) is 30.5 Å². The van der Waals surface area contributed by atoms with Crippen molar-refractivity contribution in [3.05, 3.63) is 76.8 Å². The molecule has 2 aliphatic rings. The van der Waals surface area contributed by atoms with Crippen LogP contribution in [-0.2, 0) is 9.53 Å². The Kier molecular flexibility index (Phi) is 10.4. The molecule has 1 aromatic carbocycles. The molecule has 4 rings (SSSR count). The van der Waals surface area contributed by atoms with Gasteiger partial charge in [-0.1, -0.05) is 26.0 Å². The minimum absolute atomic E-state index is 0.338. The van der Waals surface area contributed by atoms with Crippen molar-refractivity contribution in [1.29, 1.82) is 0 Å². The first-order valence-electron chi connectivity index (χ1n) is 14.3. The van der Waals surface area contributed by atoms with Crippen LogP contribution in [-0.4, -0.2) is 71.1 Å². The lowest BCUT2D eigenvalue weighted by Gasteiger charge is -2.39. The summed E-state index contributed by atoms with van der Waals surface area (Å²) >= 11 is 0. The van der Waals surface area contributed by atoms with E-state index in [0.29, 0.717) is 61.5 Å². The number of hydrogen-bond donors (Lipinski definition) is 1. The van der Waals surface area contributed by atoms with Crippen LogP contribution in [0.25, 0.3) is 0 Å². The molecule has 0 aliphatic carbocycles. The van der Waals surface area contributed by atoms with E-state index in [1.807, 2.05) is 37.1 Å². The number of likely N-dealkylation sites (tertiary alicyclic amines) is 1. The summed E-state index contributed by atoms with van der Waals surface area (Å²) in [6.07, 6.45) is 5.69.